The Balaban J connectivity index is 2.46. The van der Waals surface area contributed by atoms with Crippen LogP contribution in [0.25, 0.3) is 0 Å². The molecule has 0 spiro atoms. The standard InChI is InChI=1S/C9H16BrNO2/c1-7(6-12)11-8(13)9(10)4-2-3-5-9/h7,12H,2-6H2,1H3,(H,11,13). The first kappa shape index (κ1) is 11.0. The molecule has 0 heterocycles. The maximum absolute atomic E-state index is 11.7. The molecule has 1 atom stereocenters. The maximum atomic E-state index is 11.7. The first-order chi connectivity index (χ1) is 6.08. The van der Waals surface area contributed by atoms with E-state index in [0.717, 1.165) is 25.7 Å². The quantitative estimate of drug-likeness (QED) is 0.739. The van der Waals surface area contributed by atoms with E-state index in [1.807, 2.05) is 0 Å². The fourth-order valence-electron chi connectivity index (χ4n) is 1.56. The molecule has 0 bridgehead atoms. The largest absolute Gasteiger partial charge is 0.394 e. The Hall–Kier alpha value is -0.0900. The number of rotatable bonds is 3. The van der Waals surface area contributed by atoms with E-state index in [1.54, 1.807) is 6.92 Å². The number of carbonyl (C=O) groups is 1. The lowest BCUT2D eigenvalue weighted by Crippen LogP contribution is -2.45. The highest BCUT2D eigenvalue weighted by Crippen LogP contribution is 2.37. The molecule has 76 valence electrons. The Morgan fingerprint density at radius 3 is 2.62 bits per heavy atom. The zero-order valence-electron chi connectivity index (χ0n) is 7.85. The van der Waals surface area contributed by atoms with E-state index < -0.39 is 0 Å². The van der Waals surface area contributed by atoms with Crippen molar-refractivity contribution in [1.82, 2.24) is 5.32 Å². The van der Waals surface area contributed by atoms with Crippen LogP contribution in [0, 0.1) is 0 Å². The van der Waals surface area contributed by atoms with Crippen molar-refractivity contribution in [2.45, 2.75) is 43.0 Å². The molecule has 0 aromatic carbocycles. The van der Waals surface area contributed by atoms with Gasteiger partial charge >= 0.3 is 0 Å². The van der Waals surface area contributed by atoms with E-state index in [4.69, 9.17) is 5.11 Å². The highest BCUT2D eigenvalue weighted by Gasteiger charge is 2.38. The molecule has 0 aromatic rings. The molecule has 0 radical (unpaired) electrons. The number of hydrogen-bond acceptors (Lipinski definition) is 2. The van der Waals surface area contributed by atoms with Crippen LogP contribution in [0.5, 0.6) is 0 Å². The lowest BCUT2D eigenvalue weighted by Gasteiger charge is -2.22. The second-order valence-electron chi connectivity index (χ2n) is 3.73. The summed E-state index contributed by atoms with van der Waals surface area (Å²) in [6.45, 7) is 1.79. The van der Waals surface area contributed by atoms with E-state index in [-0.39, 0.29) is 22.9 Å². The average molecular weight is 250 g/mol. The SMILES string of the molecule is CC(CO)NC(=O)C1(Br)CCCC1. The van der Waals surface area contributed by atoms with E-state index in [0.29, 0.717) is 0 Å². The van der Waals surface area contributed by atoms with Crippen molar-refractivity contribution in [2.75, 3.05) is 6.61 Å². The Morgan fingerprint density at radius 2 is 2.15 bits per heavy atom. The van der Waals surface area contributed by atoms with E-state index in [9.17, 15) is 4.79 Å². The predicted molar refractivity (Wildman–Crippen MR) is 54.8 cm³/mol. The monoisotopic (exact) mass is 249 g/mol. The predicted octanol–water partition coefficient (Wildman–Crippen LogP) is 1.19. The molecule has 0 saturated heterocycles. The van der Waals surface area contributed by atoms with Gasteiger partial charge in [-0.3, -0.25) is 4.79 Å². The summed E-state index contributed by atoms with van der Waals surface area (Å²) < 4.78 is -0.365. The van der Waals surface area contributed by atoms with Crippen LogP contribution < -0.4 is 5.32 Å². The van der Waals surface area contributed by atoms with Crippen LogP contribution in [-0.2, 0) is 4.79 Å². The zero-order chi connectivity index (χ0) is 9.90. The topological polar surface area (TPSA) is 49.3 Å². The third kappa shape index (κ3) is 2.68. The Labute approximate surface area is 87.0 Å². The lowest BCUT2D eigenvalue weighted by molar-refractivity contribution is -0.124. The maximum Gasteiger partial charge on any atom is 0.237 e. The summed E-state index contributed by atoms with van der Waals surface area (Å²) >= 11 is 3.48. The Bertz CT molecular complexity index is 190. The highest BCUT2D eigenvalue weighted by molar-refractivity contribution is 9.10. The van der Waals surface area contributed by atoms with Crippen LogP contribution in [0.1, 0.15) is 32.6 Å². The second kappa shape index (κ2) is 4.42. The minimum Gasteiger partial charge on any atom is -0.394 e. The van der Waals surface area contributed by atoms with E-state index >= 15 is 0 Å². The van der Waals surface area contributed by atoms with Crippen molar-refractivity contribution in [3.8, 4) is 0 Å². The van der Waals surface area contributed by atoms with Gasteiger partial charge < -0.3 is 10.4 Å². The molecule has 1 amide bonds. The summed E-state index contributed by atoms with van der Waals surface area (Å²) in [7, 11) is 0. The first-order valence-electron chi connectivity index (χ1n) is 4.69. The molecule has 1 rings (SSSR count). The van der Waals surface area contributed by atoms with Crippen molar-refractivity contribution < 1.29 is 9.90 Å². The van der Waals surface area contributed by atoms with Gasteiger partial charge in [-0.2, -0.15) is 0 Å². The molecule has 1 aliphatic rings. The third-order valence-electron chi connectivity index (χ3n) is 2.45. The van der Waals surface area contributed by atoms with Gasteiger partial charge in [0.15, 0.2) is 0 Å². The van der Waals surface area contributed by atoms with Gasteiger partial charge in [-0.1, -0.05) is 28.8 Å². The molecule has 2 N–H and O–H groups in total. The zero-order valence-corrected chi connectivity index (χ0v) is 9.43. The molecular formula is C9H16BrNO2. The molecule has 4 heteroatoms. The van der Waals surface area contributed by atoms with E-state index in [2.05, 4.69) is 21.2 Å². The minimum absolute atomic E-state index is 0.00514. The lowest BCUT2D eigenvalue weighted by atomic mass is 10.1. The second-order valence-corrected chi connectivity index (χ2v) is 5.25. The molecule has 1 aliphatic carbocycles. The smallest absolute Gasteiger partial charge is 0.237 e. The summed E-state index contributed by atoms with van der Waals surface area (Å²) in [6, 6.07) is -0.150. The fourth-order valence-corrected chi connectivity index (χ4v) is 2.24. The van der Waals surface area contributed by atoms with Crippen LogP contribution in [0.2, 0.25) is 0 Å². The number of amides is 1. The number of hydrogen-bond donors (Lipinski definition) is 2. The summed E-state index contributed by atoms with van der Waals surface area (Å²) in [5.41, 5.74) is 0. The summed E-state index contributed by atoms with van der Waals surface area (Å²) in [4.78, 5) is 11.7. The summed E-state index contributed by atoms with van der Waals surface area (Å²) in [5, 5.41) is 11.6. The molecular weight excluding hydrogens is 234 g/mol. The Kier molecular flexibility index (Phi) is 3.74. The van der Waals surface area contributed by atoms with Gasteiger partial charge in [0.2, 0.25) is 5.91 Å². The van der Waals surface area contributed by atoms with Crippen LogP contribution in [0.15, 0.2) is 0 Å². The highest BCUT2D eigenvalue weighted by atomic mass is 79.9. The van der Waals surface area contributed by atoms with Gasteiger partial charge in [0.1, 0.15) is 4.32 Å². The fraction of sp³-hybridized carbons (Fsp3) is 0.889. The summed E-state index contributed by atoms with van der Waals surface area (Å²) in [5.74, 6) is 0.0200. The molecule has 3 nitrogen and oxygen atoms in total. The molecule has 1 fully saturated rings. The number of alkyl halides is 1. The molecule has 0 aliphatic heterocycles. The van der Waals surface area contributed by atoms with Crippen molar-refractivity contribution in [1.29, 1.82) is 0 Å². The normalized spacial score (nSPS) is 22.7. The minimum atomic E-state index is -0.365. The van der Waals surface area contributed by atoms with E-state index in [1.165, 1.54) is 0 Å². The van der Waals surface area contributed by atoms with Gasteiger partial charge in [-0.05, 0) is 19.8 Å². The van der Waals surface area contributed by atoms with Crippen LogP contribution in [0.3, 0.4) is 0 Å². The Morgan fingerprint density at radius 1 is 1.62 bits per heavy atom. The van der Waals surface area contributed by atoms with Crippen LogP contribution >= 0.6 is 15.9 Å². The van der Waals surface area contributed by atoms with Gasteiger partial charge in [0, 0.05) is 6.04 Å². The van der Waals surface area contributed by atoms with Gasteiger partial charge in [0.05, 0.1) is 6.61 Å². The third-order valence-corrected chi connectivity index (χ3v) is 3.61. The van der Waals surface area contributed by atoms with Crippen molar-refractivity contribution in [2.24, 2.45) is 0 Å². The number of aliphatic hydroxyl groups is 1. The van der Waals surface area contributed by atoms with Gasteiger partial charge in [-0.15, -0.1) is 0 Å². The van der Waals surface area contributed by atoms with Gasteiger partial charge in [0.25, 0.3) is 0 Å². The number of aliphatic hydroxyl groups excluding tert-OH is 1. The molecule has 0 aromatic heterocycles. The van der Waals surface area contributed by atoms with Crippen LogP contribution in [-0.4, -0.2) is 28.0 Å². The number of nitrogens with one attached hydrogen (secondary N) is 1. The van der Waals surface area contributed by atoms with Crippen molar-refractivity contribution >= 4 is 21.8 Å². The molecule has 13 heavy (non-hydrogen) atoms. The number of carbonyl (C=O) groups excluding carboxylic acids is 1. The molecule has 1 saturated carbocycles. The van der Waals surface area contributed by atoms with Crippen molar-refractivity contribution in [3.63, 3.8) is 0 Å². The van der Waals surface area contributed by atoms with Crippen LogP contribution in [0.4, 0.5) is 0 Å². The summed E-state index contributed by atoms with van der Waals surface area (Å²) in [6.07, 6.45) is 4.01. The molecule has 1 unspecified atom stereocenters. The van der Waals surface area contributed by atoms with Crippen molar-refractivity contribution in [3.05, 3.63) is 0 Å². The van der Waals surface area contributed by atoms with Gasteiger partial charge in [-0.25, -0.2) is 0 Å². The number of halogens is 1. The first-order valence-corrected chi connectivity index (χ1v) is 5.48. The average Bonchev–Trinajstić information content (AvgIpc) is 2.53.